The lowest BCUT2D eigenvalue weighted by atomic mass is 9.84. The quantitative estimate of drug-likeness (QED) is 0.714. The van der Waals surface area contributed by atoms with Gasteiger partial charge >= 0.3 is 0 Å². The van der Waals surface area contributed by atoms with Crippen molar-refractivity contribution in [3.8, 4) is 5.75 Å². The van der Waals surface area contributed by atoms with E-state index in [0.29, 0.717) is 19.7 Å². The Morgan fingerprint density at radius 1 is 1.22 bits per heavy atom. The van der Waals surface area contributed by atoms with E-state index in [1.807, 2.05) is 42.1 Å². The maximum absolute atomic E-state index is 12.9. The van der Waals surface area contributed by atoms with Crippen LogP contribution in [0.2, 0.25) is 0 Å². The molecule has 146 valence electrons. The van der Waals surface area contributed by atoms with Crippen LogP contribution in [0.5, 0.6) is 5.75 Å². The summed E-state index contributed by atoms with van der Waals surface area (Å²) in [6, 6.07) is 8.02. The summed E-state index contributed by atoms with van der Waals surface area (Å²) in [5.74, 6) is 2.06. The molecule has 0 spiro atoms. The van der Waals surface area contributed by atoms with Crippen LogP contribution in [0.1, 0.15) is 24.8 Å². The number of benzene rings is 1. The third kappa shape index (κ3) is 4.33. The molecule has 6 nitrogen and oxygen atoms in total. The minimum atomic E-state index is 0.169. The second kappa shape index (κ2) is 8.57. The largest absolute Gasteiger partial charge is 0.497 e. The Balaban J connectivity index is 1.94. The fraction of sp³-hybridized carbons (Fsp3) is 0.524. The summed E-state index contributed by atoms with van der Waals surface area (Å²) in [7, 11) is 7.28. The van der Waals surface area contributed by atoms with Gasteiger partial charge in [-0.05, 0) is 31.0 Å². The van der Waals surface area contributed by atoms with Gasteiger partial charge in [0.25, 0.3) is 0 Å². The predicted molar refractivity (Wildman–Crippen MR) is 107 cm³/mol. The van der Waals surface area contributed by atoms with Gasteiger partial charge in [0, 0.05) is 57.2 Å². The number of rotatable bonds is 8. The molecular formula is C21H29N3O3. The Bertz CT molecular complexity index is 803. The van der Waals surface area contributed by atoms with Gasteiger partial charge < -0.3 is 19.3 Å². The molecule has 1 fully saturated rings. The average Bonchev–Trinajstić information content (AvgIpc) is 2.62. The molecule has 0 bridgehead atoms. The molecule has 0 radical (unpaired) electrons. The molecule has 27 heavy (non-hydrogen) atoms. The maximum atomic E-state index is 12.9. The first-order chi connectivity index (χ1) is 13.0. The van der Waals surface area contributed by atoms with Gasteiger partial charge in [0.05, 0.1) is 19.2 Å². The standard InChI is InChI=1S/C21H29N3O3/c1-23(2)20-17(12-16-8-9-18(27-4)13-19(16)22-20)14-24(10-11-26-3)21(25)15-6-5-7-15/h8-9,12-13,15H,5-7,10-11,14H2,1-4H3. The van der Waals surface area contributed by atoms with Gasteiger partial charge in [-0.15, -0.1) is 0 Å². The van der Waals surface area contributed by atoms with Crippen molar-refractivity contribution < 1.29 is 14.3 Å². The first-order valence-electron chi connectivity index (χ1n) is 9.46. The second-order valence-corrected chi connectivity index (χ2v) is 7.30. The molecule has 1 amide bonds. The van der Waals surface area contributed by atoms with Crippen LogP contribution in [0, 0.1) is 5.92 Å². The number of methoxy groups -OCH3 is 2. The average molecular weight is 371 g/mol. The van der Waals surface area contributed by atoms with Crippen LogP contribution in [-0.4, -0.2) is 57.3 Å². The molecule has 0 saturated heterocycles. The molecule has 1 heterocycles. The maximum Gasteiger partial charge on any atom is 0.226 e. The fourth-order valence-electron chi connectivity index (χ4n) is 3.40. The number of carbonyl (C=O) groups excluding carboxylic acids is 1. The number of hydrogen-bond acceptors (Lipinski definition) is 5. The molecule has 1 saturated carbocycles. The number of amides is 1. The second-order valence-electron chi connectivity index (χ2n) is 7.30. The number of aromatic nitrogens is 1. The van der Waals surface area contributed by atoms with E-state index >= 15 is 0 Å². The molecule has 6 heteroatoms. The van der Waals surface area contributed by atoms with Gasteiger partial charge in [0.15, 0.2) is 0 Å². The Kier molecular flexibility index (Phi) is 6.16. The highest BCUT2D eigenvalue weighted by molar-refractivity contribution is 5.84. The van der Waals surface area contributed by atoms with Gasteiger partial charge in [-0.1, -0.05) is 6.42 Å². The van der Waals surface area contributed by atoms with Gasteiger partial charge in [0.1, 0.15) is 11.6 Å². The van der Waals surface area contributed by atoms with Crippen LogP contribution in [-0.2, 0) is 16.1 Å². The van der Waals surface area contributed by atoms with E-state index in [-0.39, 0.29) is 11.8 Å². The van der Waals surface area contributed by atoms with Crippen molar-refractivity contribution in [1.82, 2.24) is 9.88 Å². The van der Waals surface area contributed by atoms with Crippen LogP contribution in [0.25, 0.3) is 10.9 Å². The summed E-state index contributed by atoms with van der Waals surface area (Å²) in [4.78, 5) is 21.6. The molecule has 3 rings (SSSR count). The molecule has 0 aliphatic heterocycles. The molecule has 0 unspecified atom stereocenters. The first-order valence-corrected chi connectivity index (χ1v) is 9.46. The minimum absolute atomic E-state index is 0.169. The Labute approximate surface area is 161 Å². The summed E-state index contributed by atoms with van der Waals surface area (Å²) in [6.45, 7) is 1.68. The summed E-state index contributed by atoms with van der Waals surface area (Å²) in [5.41, 5.74) is 1.93. The van der Waals surface area contributed by atoms with Gasteiger partial charge in [-0.25, -0.2) is 4.98 Å². The fourth-order valence-corrected chi connectivity index (χ4v) is 3.40. The molecule has 0 atom stereocenters. The van der Waals surface area contributed by atoms with E-state index in [1.54, 1.807) is 14.2 Å². The highest BCUT2D eigenvalue weighted by atomic mass is 16.5. The third-order valence-corrected chi connectivity index (χ3v) is 5.20. The van der Waals surface area contributed by atoms with Crippen molar-refractivity contribution in [2.75, 3.05) is 46.4 Å². The molecular weight excluding hydrogens is 342 g/mol. The van der Waals surface area contributed by atoms with Crippen molar-refractivity contribution in [3.63, 3.8) is 0 Å². The Hall–Kier alpha value is -2.34. The summed E-state index contributed by atoms with van der Waals surface area (Å²) in [5, 5.41) is 1.04. The van der Waals surface area contributed by atoms with Crippen LogP contribution in [0.4, 0.5) is 5.82 Å². The van der Waals surface area contributed by atoms with E-state index in [9.17, 15) is 4.79 Å². The first kappa shape index (κ1) is 19.4. The smallest absolute Gasteiger partial charge is 0.226 e. The molecule has 1 aliphatic carbocycles. The van der Waals surface area contributed by atoms with Crippen LogP contribution < -0.4 is 9.64 Å². The monoisotopic (exact) mass is 371 g/mol. The lowest BCUT2D eigenvalue weighted by Gasteiger charge is -2.32. The van der Waals surface area contributed by atoms with Gasteiger partial charge in [-0.2, -0.15) is 0 Å². The Morgan fingerprint density at radius 2 is 2.00 bits per heavy atom. The lowest BCUT2D eigenvalue weighted by Crippen LogP contribution is -2.40. The topological polar surface area (TPSA) is 54.9 Å². The zero-order valence-corrected chi connectivity index (χ0v) is 16.7. The van der Waals surface area contributed by atoms with E-state index in [1.165, 1.54) is 0 Å². The number of anilines is 1. The minimum Gasteiger partial charge on any atom is -0.497 e. The number of nitrogens with zero attached hydrogens (tertiary/aromatic N) is 3. The Morgan fingerprint density at radius 3 is 2.59 bits per heavy atom. The third-order valence-electron chi connectivity index (χ3n) is 5.20. The zero-order valence-electron chi connectivity index (χ0n) is 16.7. The highest BCUT2D eigenvalue weighted by Crippen LogP contribution is 2.30. The van der Waals surface area contributed by atoms with E-state index < -0.39 is 0 Å². The van der Waals surface area contributed by atoms with Crippen LogP contribution in [0.15, 0.2) is 24.3 Å². The number of pyridine rings is 1. The lowest BCUT2D eigenvalue weighted by molar-refractivity contribution is -0.139. The van der Waals surface area contributed by atoms with Crippen LogP contribution >= 0.6 is 0 Å². The molecule has 2 aromatic rings. The zero-order chi connectivity index (χ0) is 19.4. The highest BCUT2D eigenvalue weighted by Gasteiger charge is 2.30. The molecule has 1 aromatic carbocycles. The van der Waals surface area contributed by atoms with Gasteiger partial charge in [-0.3, -0.25) is 4.79 Å². The van der Waals surface area contributed by atoms with E-state index in [2.05, 4.69) is 6.07 Å². The summed E-state index contributed by atoms with van der Waals surface area (Å²) in [6.07, 6.45) is 3.15. The molecule has 1 aromatic heterocycles. The number of carbonyl (C=O) groups is 1. The van der Waals surface area contributed by atoms with E-state index in [4.69, 9.17) is 14.5 Å². The summed E-state index contributed by atoms with van der Waals surface area (Å²) >= 11 is 0. The number of fused-ring (bicyclic) bond motifs is 1. The van der Waals surface area contributed by atoms with Crippen molar-refractivity contribution in [2.45, 2.75) is 25.8 Å². The number of hydrogen-bond donors (Lipinski definition) is 0. The van der Waals surface area contributed by atoms with Gasteiger partial charge in [0.2, 0.25) is 5.91 Å². The predicted octanol–water partition coefficient (Wildman–Crippen LogP) is 3.08. The normalized spacial score (nSPS) is 14.1. The van der Waals surface area contributed by atoms with Crippen molar-refractivity contribution in [1.29, 1.82) is 0 Å². The van der Waals surface area contributed by atoms with Crippen molar-refractivity contribution in [3.05, 3.63) is 29.8 Å². The number of ether oxygens (including phenoxy) is 2. The van der Waals surface area contributed by atoms with Crippen LogP contribution in [0.3, 0.4) is 0 Å². The van der Waals surface area contributed by atoms with Crippen molar-refractivity contribution in [2.24, 2.45) is 5.92 Å². The van der Waals surface area contributed by atoms with Crippen molar-refractivity contribution >= 4 is 22.6 Å². The molecule has 1 aliphatic rings. The van der Waals surface area contributed by atoms with E-state index in [0.717, 1.165) is 47.3 Å². The molecule has 0 N–H and O–H groups in total. The summed E-state index contributed by atoms with van der Waals surface area (Å²) < 4.78 is 10.5. The SMILES string of the molecule is COCCN(Cc1cc2ccc(OC)cc2nc1N(C)C)C(=O)C1CCC1.